The Kier molecular flexibility index (Phi) is 3.30. The molecule has 0 aliphatic carbocycles. The molecule has 1 aromatic rings. The SMILES string of the molecule is CC(=O)C(O)Cc1ccc(F)c(F)c1. The van der Waals surface area contributed by atoms with Crippen LogP contribution in [0.1, 0.15) is 12.5 Å². The van der Waals surface area contributed by atoms with E-state index >= 15 is 0 Å². The number of carbonyl (C=O) groups excluding carboxylic acids is 1. The number of benzene rings is 1. The number of aliphatic hydroxyl groups excluding tert-OH is 1. The van der Waals surface area contributed by atoms with Gasteiger partial charge in [0.2, 0.25) is 0 Å². The van der Waals surface area contributed by atoms with Crippen LogP contribution in [0.5, 0.6) is 0 Å². The Morgan fingerprint density at radius 3 is 2.57 bits per heavy atom. The molecule has 0 heterocycles. The standard InChI is InChI=1S/C10H10F2O2/c1-6(13)10(14)5-7-2-3-8(11)9(12)4-7/h2-4,10,14H,5H2,1H3. The molecule has 0 radical (unpaired) electrons. The summed E-state index contributed by atoms with van der Waals surface area (Å²) < 4.78 is 25.2. The van der Waals surface area contributed by atoms with Crippen molar-refractivity contribution in [3.8, 4) is 0 Å². The van der Waals surface area contributed by atoms with E-state index in [2.05, 4.69) is 0 Å². The molecule has 0 aliphatic heterocycles. The lowest BCUT2D eigenvalue weighted by atomic mass is 10.1. The second-order valence-electron chi connectivity index (χ2n) is 3.08. The van der Waals surface area contributed by atoms with Gasteiger partial charge in [-0.2, -0.15) is 0 Å². The number of Topliss-reactive ketones (excluding diaryl/α,β-unsaturated/α-hetero) is 1. The molecule has 1 N–H and O–H groups in total. The highest BCUT2D eigenvalue weighted by Crippen LogP contribution is 2.10. The van der Waals surface area contributed by atoms with Gasteiger partial charge in [0.15, 0.2) is 17.4 Å². The molecule has 4 heteroatoms. The van der Waals surface area contributed by atoms with Gasteiger partial charge in [-0.25, -0.2) is 8.78 Å². The zero-order valence-electron chi connectivity index (χ0n) is 7.63. The maximum Gasteiger partial charge on any atom is 0.159 e. The molecule has 1 rings (SSSR count). The fourth-order valence-electron chi connectivity index (χ4n) is 1.03. The molecule has 0 aromatic heterocycles. The van der Waals surface area contributed by atoms with Crippen LogP contribution in [-0.2, 0) is 11.2 Å². The van der Waals surface area contributed by atoms with E-state index in [9.17, 15) is 18.7 Å². The Labute approximate surface area is 80.2 Å². The van der Waals surface area contributed by atoms with Crippen molar-refractivity contribution in [3.63, 3.8) is 0 Å². The van der Waals surface area contributed by atoms with E-state index in [0.29, 0.717) is 5.56 Å². The van der Waals surface area contributed by atoms with Gasteiger partial charge in [-0.15, -0.1) is 0 Å². The lowest BCUT2D eigenvalue weighted by Crippen LogP contribution is -2.19. The normalized spacial score (nSPS) is 12.6. The molecule has 1 aromatic carbocycles. The highest BCUT2D eigenvalue weighted by Gasteiger charge is 2.11. The summed E-state index contributed by atoms with van der Waals surface area (Å²) in [6, 6.07) is 3.28. The highest BCUT2D eigenvalue weighted by molar-refractivity contribution is 5.80. The van der Waals surface area contributed by atoms with Crippen LogP contribution in [0.15, 0.2) is 18.2 Å². The van der Waals surface area contributed by atoms with Crippen molar-refractivity contribution >= 4 is 5.78 Å². The van der Waals surface area contributed by atoms with Gasteiger partial charge in [0.1, 0.15) is 6.10 Å². The second kappa shape index (κ2) is 4.28. The van der Waals surface area contributed by atoms with Gasteiger partial charge in [0, 0.05) is 6.42 Å². The predicted molar refractivity (Wildman–Crippen MR) is 46.7 cm³/mol. The molecule has 0 bridgehead atoms. The van der Waals surface area contributed by atoms with Crippen molar-refractivity contribution in [2.75, 3.05) is 0 Å². The van der Waals surface area contributed by atoms with Crippen LogP contribution < -0.4 is 0 Å². The van der Waals surface area contributed by atoms with Crippen molar-refractivity contribution in [1.82, 2.24) is 0 Å². The van der Waals surface area contributed by atoms with E-state index in [-0.39, 0.29) is 6.42 Å². The molecule has 2 nitrogen and oxygen atoms in total. The number of carbonyl (C=O) groups is 1. The quantitative estimate of drug-likeness (QED) is 0.801. The van der Waals surface area contributed by atoms with Crippen LogP contribution in [0.3, 0.4) is 0 Å². The molecule has 14 heavy (non-hydrogen) atoms. The van der Waals surface area contributed by atoms with Crippen LogP contribution in [0.25, 0.3) is 0 Å². The van der Waals surface area contributed by atoms with Crippen LogP contribution >= 0.6 is 0 Å². The molecule has 0 spiro atoms. The third kappa shape index (κ3) is 2.60. The molecule has 0 aliphatic rings. The summed E-state index contributed by atoms with van der Waals surface area (Å²) in [5, 5.41) is 9.17. The number of hydrogen-bond acceptors (Lipinski definition) is 2. The Hall–Kier alpha value is -1.29. The van der Waals surface area contributed by atoms with Crippen molar-refractivity contribution in [3.05, 3.63) is 35.4 Å². The Bertz CT molecular complexity index is 350. The Balaban J connectivity index is 2.78. The Morgan fingerprint density at radius 2 is 2.07 bits per heavy atom. The maximum atomic E-state index is 12.7. The van der Waals surface area contributed by atoms with Crippen molar-refractivity contribution < 1.29 is 18.7 Å². The fourth-order valence-corrected chi connectivity index (χ4v) is 1.03. The minimum atomic E-state index is -1.15. The van der Waals surface area contributed by atoms with Gasteiger partial charge in [-0.3, -0.25) is 4.79 Å². The summed E-state index contributed by atoms with van der Waals surface area (Å²) in [4.78, 5) is 10.7. The molecule has 1 atom stereocenters. The molecule has 0 fully saturated rings. The first-order valence-corrected chi connectivity index (χ1v) is 4.13. The molecule has 76 valence electrons. The number of aliphatic hydroxyl groups is 1. The summed E-state index contributed by atoms with van der Waals surface area (Å²) in [7, 11) is 0. The van der Waals surface area contributed by atoms with Crippen LogP contribution in [-0.4, -0.2) is 17.0 Å². The minimum absolute atomic E-state index is 0.00648. The van der Waals surface area contributed by atoms with E-state index in [0.717, 1.165) is 12.1 Å². The summed E-state index contributed by atoms with van der Waals surface area (Å²) in [5.41, 5.74) is 0.395. The maximum absolute atomic E-state index is 12.7. The number of rotatable bonds is 3. The smallest absolute Gasteiger partial charge is 0.159 e. The van der Waals surface area contributed by atoms with Gasteiger partial charge in [0.25, 0.3) is 0 Å². The van der Waals surface area contributed by atoms with E-state index in [4.69, 9.17) is 0 Å². The number of halogens is 2. The van der Waals surface area contributed by atoms with Crippen LogP contribution in [0, 0.1) is 11.6 Å². The molecule has 0 saturated heterocycles. The molecule has 0 amide bonds. The minimum Gasteiger partial charge on any atom is -0.385 e. The zero-order chi connectivity index (χ0) is 10.7. The molecule has 1 unspecified atom stereocenters. The number of ketones is 1. The topological polar surface area (TPSA) is 37.3 Å². The van der Waals surface area contributed by atoms with E-state index in [1.807, 2.05) is 0 Å². The van der Waals surface area contributed by atoms with Crippen molar-refractivity contribution in [1.29, 1.82) is 0 Å². The van der Waals surface area contributed by atoms with Crippen molar-refractivity contribution in [2.24, 2.45) is 0 Å². The fraction of sp³-hybridized carbons (Fsp3) is 0.300. The number of hydrogen-bond donors (Lipinski definition) is 1. The monoisotopic (exact) mass is 200 g/mol. The van der Waals surface area contributed by atoms with Gasteiger partial charge in [-0.05, 0) is 24.6 Å². The Morgan fingerprint density at radius 1 is 1.43 bits per heavy atom. The molecular weight excluding hydrogens is 190 g/mol. The van der Waals surface area contributed by atoms with E-state index in [1.54, 1.807) is 0 Å². The summed E-state index contributed by atoms with van der Waals surface area (Å²) in [5.74, 6) is -2.31. The predicted octanol–water partition coefficient (Wildman–Crippen LogP) is 1.46. The third-order valence-electron chi connectivity index (χ3n) is 1.88. The first-order valence-electron chi connectivity index (χ1n) is 4.13. The van der Waals surface area contributed by atoms with Gasteiger partial charge in [-0.1, -0.05) is 6.07 Å². The largest absolute Gasteiger partial charge is 0.385 e. The zero-order valence-corrected chi connectivity index (χ0v) is 7.63. The third-order valence-corrected chi connectivity index (χ3v) is 1.88. The average Bonchev–Trinajstić information content (AvgIpc) is 2.11. The van der Waals surface area contributed by atoms with Gasteiger partial charge in [0.05, 0.1) is 0 Å². The van der Waals surface area contributed by atoms with Crippen LogP contribution in [0.2, 0.25) is 0 Å². The highest BCUT2D eigenvalue weighted by atomic mass is 19.2. The van der Waals surface area contributed by atoms with E-state index in [1.165, 1.54) is 13.0 Å². The lowest BCUT2D eigenvalue weighted by molar-refractivity contribution is -0.124. The van der Waals surface area contributed by atoms with Crippen LogP contribution in [0.4, 0.5) is 8.78 Å². The average molecular weight is 200 g/mol. The molecule has 0 saturated carbocycles. The summed E-state index contributed by atoms with van der Waals surface area (Å²) in [6.45, 7) is 1.24. The summed E-state index contributed by atoms with van der Waals surface area (Å²) in [6.07, 6.45) is -1.15. The van der Waals surface area contributed by atoms with E-state index < -0.39 is 23.5 Å². The van der Waals surface area contributed by atoms with Gasteiger partial charge < -0.3 is 5.11 Å². The first-order chi connectivity index (χ1) is 6.50. The van der Waals surface area contributed by atoms with Gasteiger partial charge >= 0.3 is 0 Å². The molecular formula is C10H10F2O2. The summed E-state index contributed by atoms with van der Waals surface area (Å²) >= 11 is 0. The van der Waals surface area contributed by atoms with Crippen molar-refractivity contribution in [2.45, 2.75) is 19.4 Å². The first kappa shape index (κ1) is 10.8. The lowest BCUT2D eigenvalue weighted by Gasteiger charge is -2.06. The second-order valence-corrected chi connectivity index (χ2v) is 3.08.